The number of nitrogens with zero attached hydrogens (tertiary/aromatic N) is 3. The molecule has 4 atom stereocenters. The Morgan fingerprint density at radius 2 is 1.51 bits per heavy atom. The lowest BCUT2D eigenvalue weighted by Crippen LogP contribution is -2.59. The lowest BCUT2D eigenvalue weighted by Gasteiger charge is -2.39. The van der Waals surface area contributed by atoms with Gasteiger partial charge in [0.1, 0.15) is 24.7 Å². The van der Waals surface area contributed by atoms with E-state index in [1.54, 1.807) is 7.05 Å². The molecule has 0 radical (unpaired) electrons. The molecule has 1 aliphatic rings. The summed E-state index contributed by atoms with van der Waals surface area (Å²) >= 11 is 0. The molecule has 0 aliphatic carbocycles. The number of rotatable bonds is 11. The van der Waals surface area contributed by atoms with Crippen LogP contribution in [0.3, 0.4) is 0 Å². The first-order valence-corrected chi connectivity index (χ1v) is 18.0. The Morgan fingerprint density at radius 3 is 2.00 bits per heavy atom. The highest BCUT2D eigenvalue weighted by Gasteiger charge is 2.48. The van der Waals surface area contributed by atoms with Gasteiger partial charge in [-0.15, -0.1) is 0 Å². The van der Waals surface area contributed by atoms with Crippen molar-refractivity contribution in [2.24, 2.45) is 11.8 Å². The first-order valence-electron chi connectivity index (χ1n) is 15.1. The maximum absolute atomic E-state index is 14.2. The van der Waals surface area contributed by atoms with Gasteiger partial charge >= 0.3 is 12.1 Å². The number of amides is 3. The number of esters is 1. The number of hydrogen-bond acceptors (Lipinski definition) is 7. The van der Waals surface area contributed by atoms with Gasteiger partial charge in [-0.3, -0.25) is 14.5 Å². The second-order valence-corrected chi connectivity index (χ2v) is 18.5. The van der Waals surface area contributed by atoms with Crippen LogP contribution in [-0.2, 0) is 34.9 Å². The van der Waals surface area contributed by atoms with Gasteiger partial charge in [0.05, 0.1) is 13.2 Å². The minimum absolute atomic E-state index is 0.0432. The van der Waals surface area contributed by atoms with Gasteiger partial charge in [0, 0.05) is 27.1 Å². The van der Waals surface area contributed by atoms with Crippen LogP contribution in [0, 0.1) is 11.8 Å². The second kappa shape index (κ2) is 14.7. The number of methoxy groups -OCH3 is 1. The zero-order valence-corrected chi connectivity index (χ0v) is 29.2. The van der Waals surface area contributed by atoms with Crippen molar-refractivity contribution in [1.82, 2.24) is 14.7 Å². The van der Waals surface area contributed by atoms with Crippen LogP contribution < -0.4 is 0 Å². The third kappa shape index (κ3) is 8.81. The van der Waals surface area contributed by atoms with Crippen molar-refractivity contribution in [2.45, 2.75) is 104 Å². The first kappa shape index (κ1) is 36.3. The van der Waals surface area contributed by atoms with E-state index in [4.69, 9.17) is 13.9 Å². The predicted octanol–water partition coefficient (Wildman–Crippen LogP) is 4.93. The molecule has 0 unspecified atom stereocenters. The number of carbonyl (C=O) groups is 4. The Hall–Kier alpha value is -2.92. The van der Waals surface area contributed by atoms with E-state index in [-0.39, 0.29) is 47.9 Å². The molecule has 0 N–H and O–H groups in total. The van der Waals surface area contributed by atoms with E-state index >= 15 is 0 Å². The Bertz CT molecular complexity index is 1120. The molecule has 2 rings (SSSR count). The lowest BCUT2D eigenvalue weighted by molar-refractivity contribution is -0.156. The summed E-state index contributed by atoms with van der Waals surface area (Å²) in [5.41, 5.74) is 0.834. The van der Waals surface area contributed by atoms with Gasteiger partial charge in [-0.1, -0.05) is 78.8 Å². The van der Waals surface area contributed by atoms with E-state index in [1.165, 1.54) is 28.9 Å². The number of hydrogen-bond donors (Lipinski definition) is 0. The molecule has 1 heterocycles. The van der Waals surface area contributed by atoms with E-state index in [2.05, 4.69) is 33.9 Å². The Morgan fingerprint density at radius 1 is 0.953 bits per heavy atom. The smallest absolute Gasteiger partial charge is 0.410 e. The first-order chi connectivity index (χ1) is 19.8. The third-order valence-electron chi connectivity index (χ3n) is 8.73. The van der Waals surface area contributed by atoms with E-state index in [9.17, 15) is 19.2 Å². The fourth-order valence-corrected chi connectivity index (χ4v) is 6.68. The molecule has 0 aromatic heterocycles. The Labute approximate surface area is 259 Å². The maximum atomic E-state index is 14.2. The van der Waals surface area contributed by atoms with Gasteiger partial charge < -0.3 is 23.7 Å². The fraction of sp³-hybridized carbons (Fsp3) is 0.688. The monoisotopic (exact) mass is 619 g/mol. The summed E-state index contributed by atoms with van der Waals surface area (Å²) in [6, 6.07) is 6.75. The molecular formula is C32H53N3O7Si. The van der Waals surface area contributed by atoms with E-state index < -0.39 is 38.5 Å². The summed E-state index contributed by atoms with van der Waals surface area (Å²) in [4.78, 5) is 58.3. The maximum Gasteiger partial charge on any atom is 0.410 e. The molecule has 43 heavy (non-hydrogen) atoms. The highest BCUT2D eigenvalue weighted by atomic mass is 28.4. The molecule has 0 saturated carbocycles. The molecule has 1 saturated heterocycles. The van der Waals surface area contributed by atoms with Crippen molar-refractivity contribution in [3.63, 3.8) is 0 Å². The van der Waals surface area contributed by atoms with Gasteiger partial charge in [0.25, 0.3) is 0 Å². The van der Waals surface area contributed by atoms with Crippen LogP contribution >= 0.6 is 0 Å². The second-order valence-electron chi connectivity index (χ2n) is 13.7. The number of carbonyl (C=O) groups excluding carboxylic acids is 4. The van der Waals surface area contributed by atoms with Gasteiger partial charge in [0.2, 0.25) is 11.8 Å². The van der Waals surface area contributed by atoms with Crippen LogP contribution in [0.5, 0.6) is 0 Å². The van der Waals surface area contributed by atoms with Crippen molar-refractivity contribution in [3.8, 4) is 0 Å². The average Bonchev–Trinajstić information content (AvgIpc) is 3.33. The van der Waals surface area contributed by atoms with E-state index in [1.807, 2.05) is 58.0 Å². The van der Waals surface area contributed by atoms with Gasteiger partial charge in [-0.05, 0) is 35.5 Å². The van der Waals surface area contributed by atoms with Crippen molar-refractivity contribution in [1.29, 1.82) is 0 Å². The Kier molecular flexibility index (Phi) is 12.4. The summed E-state index contributed by atoms with van der Waals surface area (Å²) in [6.45, 7) is 18.4. The fourth-order valence-electron chi connectivity index (χ4n) is 5.33. The number of benzene rings is 1. The molecule has 1 aliphatic heterocycles. The van der Waals surface area contributed by atoms with Crippen molar-refractivity contribution >= 4 is 32.2 Å². The van der Waals surface area contributed by atoms with Crippen LogP contribution in [0.1, 0.15) is 60.5 Å². The topological polar surface area (TPSA) is 106 Å². The minimum Gasteiger partial charge on any atom is -0.467 e. The zero-order chi connectivity index (χ0) is 32.9. The van der Waals surface area contributed by atoms with Gasteiger partial charge in [0.15, 0.2) is 8.32 Å². The molecular weight excluding hydrogens is 566 g/mol. The van der Waals surface area contributed by atoms with Crippen LogP contribution in [0.4, 0.5) is 4.79 Å². The van der Waals surface area contributed by atoms with Crippen LogP contribution in [0.25, 0.3) is 0 Å². The highest BCUT2D eigenvalue weighted by molar-refractivity contribution is 6.74. The van der Waals surface area contributed by atoms with E-state index in [0.717, 1.165) is 5.56 Å². The zero-order valence-electron chi connectivity index (χ0n) is 28.2. The normalized spacial score (nSPS) is 18.8. The highest BCUT2D eigenvalue weighted by Crippen LogP contribution is 2.39. The predicted molar refractivity (Wildman–Crippen MR) is 169 cm³/mol. The minimum atomic E-state index is -2.18. The van der Waals surface area contributed by atoms with Gasteiger partial charge in [-0.25, -0.2) is 9.59 Å². The summed E-state index contributed by atoms with van der Waals surface area (Å²) < 4.78 is 17.2. The Balaban J connectivity index is 2.29. The summed E-state index contributed by atoms with van der Waals surface area (Å²) in [7, 11) is 2.24. The molecule has 0 spiro atoms. The largest absolute Gasteiger partial charge is 0.467 e. The van der Waals surface area contributed by atoms with Crippen LogP contribution in [0.15, 0.2) is 30.3 Å². The SMILES string of the molecule is COC(=O)[C@@H]1C[C@H](O[Si](C)(C)C(C)(C)C)CN1C(=O)[C@H](C(C)C)N(C)C(=O)[C@H](C(C)C)N(C)C(=O)OCc1ccccc1. The molecule has 11 heteroatoms. The van der Waals surface area contributed by atoms with Crippen LogP contribution in [0.2, 0.25) is 18.1 Å². The van der Waals surface area contributed by atoms with Crippen LogP contribution in [-0.4, -0.2) is 98.9 Å². The number of likely N-dealkylation sites (N-methyl/N-ethyl adjacent to an activating group) is 2. The number of ether oxygens (including phenoxy) is 2. The van der Waals surface area contributed by atoms with E-state index in [0.29, 0.717) is 6.42 Å². The summed E-state index contributed by atoms with van der Waals surface area (Å²) in [5, 5.41) is -0.0432. The van der Waals surface area contributed by atoms with Crippen molar-refractivity contribution in [2.75, 3.05) is 27.7 Å². The molecule has 1 fully saturated rings. The average molecular weight is 620 g/mol. The molecule has 10 nitrogen and oxygen atoms in total. The summed E-state index contributed by atoms with van der Waals surface area (Å²) in [6.07, 6.45) is -0.623. The van der Waals surface area contributed by atoms with Crippen molar-refractivity contribution < 1.29 is 33.1 Å². The lowest BCUT2D eigenvalue weighted by atomic mass is 9.96. The van der Waals surface area contributed by atoms with Crippen molar-refractivity contribution in [3.05, 3.63) is 35.9 Å². The molecule has 1 aromatic rings. The van der Waals surface area contributed by atoms with Gasteiger partial charge in [-0.2, -0.15) is 0 Å². The standard InChI is InChI=1S/C32H53N3O7Si/c1-21(2)26(34(9)31(39)41-20-23-16-14-13-15-17-23)28(36)33(8)27(22(3)4)29(37)35-19-24(18-25(35)30(38)40-10)42-43(11,12)32(5,6)7/h13-17,21-22,24-27H,18-20H2,1-12H3/t24-,25-,26-,27-/m0/s1. The molecule has 3 amide bonds. The number of likely N-dealkylation sites (tertiary alicyclic amines) is 1. The quantitative estimate of drug-likeness (QED) is 0.256. The third-order valence-corrected chi connectivity index (χ3v) is 13.3. The molecule has 0 bridgehead atoms. The summed E-state index contributed by atoms with van der Waals surface area (Å²) in [5.74, 6) is -1.78. The molecule has 242 valence electrons. The molecule has 1 aromatic carbocycles.